The third-order valence-corrected chi connectivity index (χ3v) is 5.77. The van der Waals surface area contributed by atoms with Gasteiger partial charge in [-0.05, 0) is 47.5 Å². The van der Waals surface area contributed by atoms with Crippen LogP contribution in [0.5, 0.6) is 0 Å². The second kappa shape index (κ2) is 8.47. The van der Waals surface area contributed by atoms with Gasteiger partial charge in [-0.25, -0.2) is 4.68 Å². The molecule has 0 spiro atoms. The molecule has 1 N–H and O–H groups in total. The van der Waals surface area contributed by atoms with E-state index in [-0.39, 0.29) is 6.42 Å². The van der Waals surface area contributed by atoms with Crippen LogP contribution in [0.4, 0.5) is 13.2 Å². The summed E-state index contributed by atoms with van der Waals surface area (Å²) in [6.07, 6.45) is -2.61. The molecule has 4 aromatic rings. The molecule has 1 aromatic heterocycles. The van der Waals surface area contributed by atoms with Gasteiger partial charge in [-0.3, -0.25) is 4.79 Å². The van der Waals surface area contributed by atoms with E-state index in [1.54, 1.807) is 28.7 Å². The van der Waals surface area contributed by atoms with E-state index in [4.69, 9.17) is 5.11 Å². The zero-order valence-corrected chi connectivity index (χ0v) is 17.0. The maximum atomic E-state index is 12.8. The fourth-order valence-corrected chi connectivity index (χ4v) is 4.20. The molecule has 0 bridgehead atoms. The number of halogens is 3. The summed E-state index contributed by atoms with van der Waals surface area (Å²) in [5, 5.41) is 14.4. The van der Waals surface area contributed by atoms with Crippen LogP contribution in [0.2, 0.25) is 0 Å². The second-order valence-corrected chi connectivity index (χ2v) is 8.03. The number of nitrogens with zero attached hydrogens (tertiary/aromatic N) is 2. The molecule has 0 fully saturated rings. The number of hydrogen-bond donors (Lipinski definition) is 1. The van der Waals surface area contributed by atoms with Crippen LogP contribution in [0.15, 0.2) is 77.8 Å². The average Bonchev–Trinajstić information content (AvgIpc) is 3.16. The van der Waals surface area contributed by atoms with Crippen LogP contribution in [-0.4, -0.2) is 20.9 Å². The number of carbonyl (C=O) groups is 1. The molecule has 0 amide bonds. The molecule has 0 radical (unpaired) electrons. The first-order valence-electron chi connectivity index (χ1n) is 9.38. The number of carboxylic acid groups (broad SMARTS) is 1. The number of alkyl halides is 3. The molecule has 0 saturated heterocycles. The van der Waals surface area contributed by atoms with Crippen molar-refractivity contribution >= 4 is 28.6 Å². The SMILES string of the molecule is O=C(O)Cc1cccc(SCc2cccc3cn(-c4ccc(C(F)(F)F)cc4)nc23)c1. The van der Waals surface area contributed by atoms with Gasteiger partial charge in [0.1, 0.15) is 0 Å². The van der Waals surface area contributed by atoms with Gasteiger partial charge in [-0.15, -0.1) is 11.8 Å². The lowest BCUT2D eigenvalue weighted by Gasteiger charge is -2.07. The first-order valence-corrected chi connectivity index (χ1v) is 10.4. The molecule has 3 aromatic carbocycles. The number of hydrogen-bond acceptors (Lipinski definition) is 3. The zero-order chi connectivity index (χ0) is 22.0. The van der Waals surface area contributed by atoms with Gasteiger partial charge < -0.3 is 5.11 Å². The Kier molecular flexibility index (Phi) is 5.73. The second-order valence-electron chi connectivity index (χ2n) is 6.98. The van der Waals surface area contributed by atoms with Crippen molar-refractivity contribution in [2.75, 3.05) is 0 Å². The summed E-state index contributed by atoms with van der Waals surface area (Å²) in [5.41, 5.74) is 2.34. The van der Waals surface area contributed by atoms with Gasteiger partial charge in [-0.2, -0.15) is 18.3 Å². The maximum absolute atomic E-state index is 12.8. The molecule has 1 heterocycles. The van der Waals surface area contributed by atoms with Crippen LogP contribution in [0, 0.1) is 0 Å². The number of benzene rings is 3. The molecule has 31 heavy (non-hydrogen) atoms. The molecular formula is C23H17F3N2O2S. The first-order chi connectivity index (χ1) is 14.8. The van der Waals surface area contributed by atoms with Crippen molar-refractivity contribution in [3.05, 3.63) is 89.6 Å². The third kappa shape index (κ3) is 4.91. The summed E-state index contributed by atoms with van der Waals surface area (Å²) >= 11 is 1.57. The summed E-state index contributed by atoms with van der Waals surface area (Å²) in [6, 6.07) is 18.1. The van der Waals surface area contributed by atoms with E-state index >= 15 is 0 Å². The van der Waals surface area contributed by atoms with E-state index in [1.807, 2.05) is 36.4 Å². The minimum absolute atomic E-state index is 0.0263. The van der Waals surface area contributed by atoms with E-state index in [0.717, 1.165) is 39.1 Å². The van der Waals surface area contributed by atoms with Crippen LogP contribution in [-0.2, 0) is 23.1 Å². The van der Waals surface area contributed by atoms with E-state index in [2.05, 4.69) is 5.10 Å². The first kappa shape index (κ1) is 21.0. The number of rotatable bonds is 6. The Morgan fingerprint density at radius 3 is 2.48 bits per heavy atom. The third-order valence-electron chi connectivity index (χ3n) is 4.73. The van der Waals surface area contributed by atoms with Crippen molar-refractivity contribution in [1.29, 1.82) is 0 Å². The monoisotopic (exact) mass is 442 g/mol. The summed E-state index contributed by atoms with van der Waals surface area (Å²) in [5.74, 6) is -0.251. The van der Waals surface area contributed by atoms with E-state index < -0.39 is 17.7 Å². The maximum Gasteiger partial charge on any atom is 0.416 e. The van der Waals surface area contributed by atoms with E-state index in [0.29, 0.717) is 11.4 Å². The average molecular weight is 442 g/mol. The van der Waals surface area contributed by atoms with Crippen LogP contribution < -0.4 is 0 Å². The Labute approximate surface area is 180 Å². The van der Waals surface area contributed by atoms with Gasteiger partial charge in [0, 0.05) is 22.2 Å². The summed E-state index contributed by atoms with van der Waals surface area (Å²) < 4.78 is 40.0. The molecule has 0 aliphatic rings. The smallest absolute Gasteiger partial charge is 0.416 e. The Morgan fingerprint density at radius 1 is 1.03 bits per heavy atom. The summed E-state index contributed by atoms with van der Waals surface area (Å²) in [7, 11) is 0. The molecule has 0 aliphatic heterocycles. The highest BCUT2D eigenvalue weighted by Crippen LogP contribution is 2.31. The lowest BCUT2D eigenvalue weighted by atomic mass is 10.1. The topological polar surface area (TPSA) is 55.1 Å². The van der Waals surface area contributed by atoms with E-state index in [1.165, 1.54) is 12.1 Å². The highest BCUT2D eigenvalue weighted by Gasteiger charge is 2.30. The minimum atomic E-state index is -4.38. The summed E-state index contributed by atoms with van der Waals surface area (Å²) in [6.45, 7) is 0. The van der Waals surface area contributed by atoms with Gasteiger partial charge in [0.05, 0.1) is 23.2 Å². The molecule has 158 valence electrons. The molecule has 4 rings (SSSR count). The van der Waals surface area contributed by atoms with Gasteiger partial charge in [0.15, 0.2) is 0 Å². The molecule has 0 aliphatic carbocycles. The van der Waals surface area contributed by atoms with Crippen molar-refractivity contribution in [3.8, 4) is 5.69 Å². The van der Waals surface area contributed by atoms with Crippen LogP contribution in [0.3, 0.4) is 0 Å². The van der Waals surface area contributed by atoms with Crippen molar-refractivity contribution in [1.82, 2.24) is 9.78 Å². The fourth-order valence-electron chi connectivity index (χ4n) is 3.24. The number of aliphatic carboxylic acids is 1. The Hall–Kier alpha value is -3.26. The molecule has 0 unspecified atom stereocenters. The standard InChI is InChI=1S/C23H17F3N2O2S/c24-23(25,26)18-7-9-19(10-8-18)28-13-16-4-2-5-17(22(16)27-28)14-31-20-6-1-3-15(11-20)12-21(29)30/h1-11,13H,12,14H2,(H,29,30). The Bertz CT molecular complexity index is 1230. The van der Waals surface area contributed by atoms with Crippen LogP contribution in [0.1, 0.15) is 16.7 Å². The number of fused-ring (bicyclic) bond motifs is 1. The largest absolute Gasteiger partial charge is 0.481 e. The molecule has 4 nitrogen and oxygen atoms in total. The Morgan fingerprint density at radius 2 is 1.77 bits per heavy atom. The zero-order valence-electron chi connectivity index (χ0n) is 16.1. The molecule has 8 heteroatoms. The van der Waals surface area contributed by atoms with E-state index in [9.17, 15) is 18.0 Å². The fraction of sp³-hybridized carbons (Fsp3) is 0.130. The van der Waals surface area contributed by atoms with Crippen molar-refractivity contribution in [3.63, 3.8) is 0 Å². The predicted molar refractivity (Wildman–Crippen MR) is 113 cm³/mol. The number of thioether (sulfide) groups is 1. The van der Waals surface area contributed by atoms with Crippen molar-refractivity contribution in [2.45, 2.75) is 23.2 Å². The van der Waals surface area contributed by atoms with Gasteiger partial charge in [0.2, 0.25) is 0 Å². The molecule has 0 atom stereocenters. The van der Waals surface area contributed by atoms with Crippen LogP contribution >= 0.6 is 11.8 Å². The normalized spacial score (nSPS) is 11.7. The Balaban J connectivity index is 1.56. The summed E-state index contributed by atoms with van der Waals surface area (Å²) in [4.78, 5) is 11.9. The van der Waals surface area contributed by atoms with Gasteiger partial charge in [-0.1, -0.05) is 30.3 Å². The molecular weight excluding hydrogens is 425 g/mol. The lowest BCUT2D eigenvalue weighted by molar-refractivity contribution is -0.138. The highest BCUT2D eigenvalue weighted by atomic mass is 32.2. The number of aromatic nitrogens is 2. The van der Waals surface area contributed by atoms with Gasteiger partial charge >= 0.3 is 12.1 Å². The van der Waals surface area contributed by atoms with Crippen molar-refractivity contribution in [2.24, 2.45) is 0 Å². The predicted octanol–water partition coefficient (Wildman–Crippen LogP) is 5.96. The molecule has 0 saturated carbocycles. The lowest BCUT2D eigenvalue weighted by Crippen LogP contribution is -2.05. The van der Waals surface area contributed by atoms with Crippen molar-refractivity contribution < 1.29 is 23.1 Å². The van der Waals surface area contributed by atoms with Crippen LogP contribution in [0.25, 0.3) is 16.6 Å². The highest BCUT2D eigenvalue weighted by molar-refractivity contribution is 7.98. The number of carboxylic acids is 1. The van der Waals surface area contributed by atoms with Gasteiger partial charge in [0.25, 0.3) is 0 Å². The quantitative estimate of drug-likeness (QED) is 0.374. The minimum Gasteiger partial charge on any atom is -0.481 e.